The van der Waals surface area contributed by atoms with Crippen molar-refractivity contribution in [1.29, 1.82) is 0 Å². The smallest absolute Gasteiger partial charge is 0.311 e. The first-order chi connectivity index (χ1) is 5.15. The molecule has 1 aliphatic heterocycles. The van der Waals surface area contributed by atoms with Crippen LogP contribution in [0, 0.1) is 5.92 Å². The maximum Gasteiger partial charge on any atom is 0.311 e. The molecule has 0 bridgehead atoms. The van der Waals surface area contributed by atoms with Crippen molar-refractivity contribution in [3.63, 3.8) is 0 Å². The fraction of sp³-hybridized carbons (Fsp3) is 0.875. The molecule has 0 amide bonds. The standard InChI is InChI=1S/C8H14O3/c1-3-6-4-7(5(2)9)8(10)11-6/h5-7,9H,3-4H2,1-2H3/t5?,6-,7?/m1/s1. The zero-order valence-electron chi connectivity index (χ0n) is 6.91. The summed E-state index contributed by atoms with van der Waals surface area (Å²) in [6, 6.07) is 0. The Balaban J connectivity index is 2.52. The van der Waals surface area contributed by atoms with Gasteiger partial charge < -0.3 is 9.84 Å². The van der Waals surface area contributed by atoms with Crippen molar-refractivity contribution in [2.24, 2.45) is 5.92 Å². The maximum atomic E-state index is 11.0. The minimum absolute atomic E-state index is 0.0297. The number of hydrogen-bond donors (Lipinski definition) is 1. The Labute approximate surface area is 66.4 Å². The van der Waals surface area contributed by atoms with E-state index in [1.54, 1.807) is 6.92 Å². The third-order valence-electron chi connectivity index (χ3n) is 2.14. The van der Waals surface area contributed by atoms with Gasteiger partial charge in [-0.3, -0.25) is 4.79 Å². The Morgan fingerprint density at radius 1 is 1.82 bits per heavy atom. The van der Waals surface area contributed by atoms with Crippen LogP contribution in [0.2, 0.25) is 0 Å². The fourth-order valence-corrected chi connectivity index (χ4v) is 1.32. The molecule has 1 N–H and O–H groups in total. The number of rotatable bonds is 2. The van der Waals surface area contributed by atoms with E-state index in [-0.39, 0.29) is 18.0 Å². The zero-order valence-corrected chi connectivity index (χ0v) is 6.91. The predicted octanol–water partition coefficient (Wildman–Crippen LogP) is 0.709. The molecular weight excluding hydrogens is 144 g/mol. The monoisotopic (exact) mass is 158 g/mol. The summed E-state index contributed by atoms with van der Waals surface area (Å²) < 4.78 is 4.99. The Kier molecular flexibility index (Phi) is 2.49. The first kappa shape index (κ1) is 8.53. The normalized spacial score (nSPS) is 33.5. The number of aliphatic hydroxyl groups excluding tert-OH is 1. The average Bonchev–Trinajstić information content (AvgIpc) is 2.30. The largest absolute Gasteiger partial charge is 0.462 e. The van der Waals surface area contributed by atoms with Crippen molar-refractivity contribution in [3.8, 4) is 0 Å². The van der Waals surface area contributed by atoms with Crippen LogP contribution in [0.25, 0.3) is 0 Å². The molecule has 1 saturated heterocycles. The highest BCUT2D eigenvalue weighted by atomic mass is 16.6. The van der Waals surface area contributed by atoms with Crippen molar-refractivity contribution in [2.45, 2.75) is 38.9 Å². The van der Waals surface area contributed by atoms with Gasteiger partial charge in [0.05, 0.1) is 12.0 Å². The van der Waals surface area contributed by atoms with Crippen LogP contribution in [0.15, 0.2) is 0 Å². The van der Waals surface area contributed by atoms with Gasteiger partial charge in [0.15, 0.2) is 0 Å². The van der Waals surface area contributed by atoms with Gasteiger partial charge in [-0.25, -0.2) is 0 Å². The molecule has 2 unspecified atom stereocenters. The minimum atomic E-state index is -0.570. The molecule has 1 rings (SSSR count). The number of aliphatic hydroxyl groups is 1. The zero-order chi connectivity index (χ0) is 8.43. The van der Waals surface area contributed by atoms with E-state index >= 15 is 0 Å². The van der Waals surface area contributed by atoms with Gasteiger partial charge in [0.25, 0.3) is 0 Å². The summed E-state index contributed by atoms with van der Waals surface area (Å²) in [7, 11) is 0. The lowest BCUT2D eigenvalue weighted by Gasteiger charge is -2.06. The average molecular weight is 158 g/mol. The Hall–Kier alpha value is -0.570. The molecule has 3 nitrogen and oxygen atoms in total. The van der Waals surface area contributed by atoms with Crippen molar-refractivity contribution in [1.82, 2.24) is 0 Å². The van der Waals surface area contributed by atoms with Gasteiger partial charge >= 0.3 is 5.97 Å². The molecule has 1 fully saturated rings. The van der Waals surface area contributed by atoms with E-state index in [2.05, 4.69) is 0 Å². The number of hydrogen-bond acceptors (Lipinski definition) is 3. The molecule has 0 aromatic heterocycles. The van der Waals surface area contributed by atoms with Gasteiger partial charge in [-0.05, 0) is 13.3 Å². The molecule has 3 heteroatoms. The number of cyclic esters (lactones) is 1. The summed E-state index contributed by atoms with van der Waals surface area (Å²) in [6.07, 6.45) is 0.975. The fourth-order valence-electron chi connectivity index (χ4n) is 1.32. The van der Waals surface area contributed by atoms with Crippen LogP contribution in [-0.2, 0) is 9.53 Å². The second kappa shape index (κ2) is 3.22. The van der Waals surface area contributed by atoms with Gasteiger partial charge in [0.1, 0.15) is 6.10 Å². The minimum Gasteiger partial charge on any atom is -0.462 e. The van der Waals surface area contributed by atoms with E-state index in [1.807, 2.05) is 6.92 Å². The summed E-state index contributed by atoms with van der Waals surface area (Å²) in [5.74, 6) is -0.535. The summed E-state index contributed by atoms with van der Waals surface area (Å²) in [5.41, 5.74) is 0. The number of carbonyl (C=O) groups excluding carboxylic acids is 1. The van der Waals surface area contributed by atoms with Gasteiger partial charge in [-0.1, -0.05) is 6.92 Å². The number of esters is 1. The lowest BCUT2D eigenvalue weighted by Crippen LogP contribution is -2.20. The van der Waals surface area contributed by atoms with Crippen LogP contribution in [-0.4, -0.2) is 23.3 Å². The van der Waals surface area contributed by atoms with E-state index in [0.29, 0.717) is 6.42 Å². The SMILES string of the molecule is CC[C@@H]1CC(C(C)O)C(=O)O1. The molecule has 1 aliphatic rings. The molecule has 0 aromatic rings. The van der Waals surface area contributed by atoms with E-state index < -0.39 is 6.10 Å². The highest BCUT2D eigenvalue weighted by Crippen LogP contribution is 2.25. The van der Waals surface area contributed by atoms with Crippen LogP contribution in [0.5, 0.6) is 0 Å². The van der Waals surface area contributed by atoms with E-state index in [9.17, 15) is 4.79 Å². The maximum absolute atomic E-state index is 11.0. The molecule has 0 spiro atoms. The van der Waals surface area contributed by atoms with E-state index in [1.165, 1.54) is 0 Å². The van der Waals surface area contributed by atoms with Gasteiger partial charge in [-0.15, -0.1) is 0 Å². The lowest BCUT2D eigenvalue weighted by atomic mass is 9.99. The summed E-state index contributed by atoms with van der Waals surface area (Å²) in [5, 5.41) is 9.14. The predicted molar refractivity (Wildman–Crippen MR) is 40.0 cm³/mol. The molecule has 64 valence electrons. The highest BCUT2D eigenvalue weighted by Gasteiger charge is 2.36. The van der Waals surface area contributed by atoms with Crippen molar-refractivity contribution in [3.05, 3.63) is 0 Å². The number of ether oxygens (including phenoxy) is 1. The highest BCUT2D eigenvalue weighted by molar-refractivity contribution is 5.75. The van der Waals surface area contributed by atoms with Crippen LogP contribution in [0.1, 0.15) is 26.7 Å². The van der Waals surface area contributed by atoms with Crippen LogP contribution in [0.4, 0.5) is 0 Å². The van der Waals surface area contributed by atoms with Crippen molar-refractivity contribution >= 4 is 5.97 Å². The summed E-state index contributed by atoms with van der Waals surface area (Å²) >= 11 is 0. The Morgan fingerprint density at radius 2 is 2.45 bits per heavy atom. The second-order valence-corrected chi connectivity index (χ2v) is 3.05. The molecule has 0 saturated carbocycles. The third-order valence-corrected chi connectivity index (χ3v) is 2.14. The van der Waals surface area contributed by atoms with Crippen LogP contribution in [0.3, 0.4) is 0 Å². The number of carbonyl (C=O) groups is 1. The van der Waals surface area contributed by atoms with E-state index in [0.717, 1.165) is 6.42 Å². The Morgan fingerprint density at radius 3 is 2.73 bits per heavy atom. The molecular formula is C8H14O3. The van der Waals surface area contributed by atoms with E-state index in [4.69, 9.17) is 9.84 Å². The third kappa shape index (κ3) is 1.71. The van der Waals surface area contributed by atoms with Crippen molar-refractivity contribution < 1.29 is 14.6 Å². The molecule has 0 aliphatic carbocycles. The molecule has 0 radical (unpaired) electrons. The van der Waals surface area contributed by atoms with Crippen molar-refractivity contribution in [2.75, 3.05) is 0 Å². The first-order valence-electron chi connectivity index (χ1n) is 4.03. The van der Waals surface area contributed by atoms with Crippen LogP contribution < -0.4 is 0 Å². The topological polar surface area (TPSA) is 46.5 Å². The van der Waals surface area contributed by atoms with Gasteiger partial charge in [0, 0.05) is 6.42 Å². The summed E-state index contributed by atoms with van der Waals surface area (Å²) in [4.78, 5) is 11.0. The first-order valence-corrected chi connectivity index (χ1v) is 4.03. The molecule has 3 atom stereocenters. The molecule has 11 heavy (non-hydrogen) atoms. The van der Waals surface area contributed by atoms with Gasteiger partial charge in [-0.2, -0.15) is 0 Å². The second-order valence-electron chi connectivity index (χ2n) is 3.05. The lowest BCUT2D eigenvalue weighted by molar-refractivity contribution is -0.146. The quantitative estimate of drug-likeness (QED) is 0.602. The Bertz CT molecular complexity index is 153. The summed E-state index contributed by atoms with van der Waals surface area (Å²) in [6.45, 7) is 3.60. The van der Waals surface area contributed by atoms with Crippen LogP contribution >= 0.6 is 0 Å². The van der Waals surface area contributed by atoms with Gasteiger partial charge in [0.2, 0.25) is 0 Å². The molecule has 0 aromatic carbocycles. The molecule has 1 heterocycles.